The molecule has 3 aromatic carbocycles. The Balaban J connectivity index is 1.91. The quantitative estimate of drug-likeness (QED) is 0.246. The molecule has 8 nitrogen and oxygen atoms in total. The van der Waals surface area contributed by atoms with Crippen molar-refractivity contribution >= 4 is 34.7 Å². The van der Waals surface area contributed by atoms with Crippen LogP contribution in [0.5, 0.6) is 11.5 Å². The summed E-state index contributed by atoms with van der Waals surface area (Å²) in [6.45, 7) is 7.47. The summed E-state index contributed by atoms with van der Waals surface area (Å²) in [5, 5.41) is 14.3. The number of rotatable bonds is 6. The maximum atomic E-state index is 13.5. The maximum Gasteiger partial charge on any atom is 0.300 e. The van der Waals surface area contributed by atoms with Gasteiger partial charge in [-0.2, -0.15) is 0 Å². The number of aliphatic hydroxyl groups is 1. The van der Waals surface area contributed by atoms with Crippen molar-refractivity contribution in [1.29, 1.82) is 0 Å². The molecule has 1 saturated heterocycles. The largest absolute Gasteiger partial charge is 0.507 e. The lowest BCUT2D eigenvalue weighted by atomic mass is 9.84. The Labute approximate surface area is 227 Å². The summed E-state index contributed by atoms with van der Waals surface area (Å²) < 4.78 is 10.8. The molecule has 0 aliphatic carbocycles. The molecule has 1 aliphatic rings. The minimum absolute atomic E-state index is 0.0267. The fourth-order valence-electron chi connectivity index (χ4n) is 4.71. The zero-order valence-corrected chi connectivity index (χ0v) is 22.9. The number of anilines is 2. The van der Waals surface area contributed by atoms with Crippen LogP contribution in [-0.4, -0.2) is 36.9 Å². The van der Waals surface area contributed by atoms with E-state index in [0.29, 0.717) is 34.0 Å². The fourth-order valence-corrected chi connectivity index (χ4v) is 4.71. The van der Waals surface area contributed by atoms with Gasteiger partial charge in [0.1, 0.15) is 17.3 Å². The number of amides is 2. The zero-order valence-electron chi connectivity index (χ0n) is 22.9. The molecule has 1 atom stereocenters. The Bertz CT molecular complexity index is 1450. The highest BCUT2D eigenvalue weighted by Crippen LogP contribution is 2.43. The van der Waals surface area contributed by atoms with Crippen molar-refractivity contribution in [3.8, 4) is 11.5 Å². The number of Topliss-reactive ketones (excluding diaryl/α,β-unsaturated/α-hetero) is 1. The van der Waals surface area contributed by atoms with Gasteiger partial charge in [-0.05, 0) is 65.6 Å². The Hall–Kier alpha value is -4.59. The summed E-state index contributed by atoms with van der Waals surface area (Å²) in [6, 6.07) is 17.9. The second-order valence-electron chi connectivity index (χ2n) is 10.3. The predicted octanol–water partition coefficient (Wildman–Crippen LogP) is 5.59. The molecule has 1 unspecified atom stereocenters. The average Bonchev–Trinajstić information content (AvgIpc) is 3.17. The Kier molecular flexibility index (Phi) is 7.49. The molecule has 2 N–H and O–H groups in total. The van der Waals surface area contributed by atoms with Crippen molar-refractivity contribution in [3.05, 3.63) is 89.0 Å². The summed E-state index contributed by atoms with van der Waals surface area (Å²) in [5.41, 5.74) is 2.52. The molecule has 1 fully saturated rings. The van der Waals surface area contributed by atoms with Crippen molar-refractivity contribution in [3.63, 3.8) is 0 Å². The first kappa shape index (κ1) is 27.4. The molecule has 0 aromatic heterocycles. The van der Waals surface area contributed by atoms with Crippen molar-refractivity contribution < 1.29 is 29.0 Å². The van der Waals surface area contributed by atoms with Crippen LogP contribution in [0.25, 0.3) is 5.76 Å². The minimum atomic E-state index is -0.900. The van der Waals surface area contributed by atoms with Gasteiger partial charge >= 0.3 is 0 Å². The van der Waals surface area contributed by atoms with Gasteiger partial charge in [-0.3, -0.25) is 19.3 Å². The molecule has 0 bridgehead atoms. The monoisotopic (exact) mass is 528 g/mol. The first-order chi connectivity index (χ1) is 18.5. The number of nitrogens with one attached hydrogen (secondary N) is 1. The van der Waals surface area contributed by atoms with Gasteiger partial charge < -0.3 is 19.9 Å². The van der Waals surface area contributed by atoms with Crippen LogP contribution in [0.1, 0.15) is 50.4 Å². The molecule has 3 aromatic rings. The highest BCUT2D eigenvalue weighted by Gasteiger charge is 2.47. The number of ether oxygens (including phenoxy) is 2. The number of nitrogens with zero attached hydrogens (tertiary/aromatic N) is 1. The summed E-state index contributed by atoms with van der Waals surface area (Å²) in [5.74, 6) is -0.803. The number of aliphatic hydroxyl groups excluding tert-OH is 1. The van der Waals surface area contributed by atoms with Crippen LogP contribution in [0, 0.1) is 0 Å². The van der Waals surface area contributed by atoms with E-state index in [1.807, 2.05) is 20.8 Å². The smallest absolute Gasteiger partial charge is 0.300 e. The van der Waals surface area contributed by atoms with Crippen LogP contribution in [0.3, 0.4) is 0 Å². The summed E-state index contributed by atoms with van der Waals surface area (Å²) in [7, 11) is 3.13. The van der Waals surface area contributed by atoms with Crippen LogP contribution in [0.15, 0.2) is 72.3 Å². The SMILES string of the molecule is COc1ccc(C2/C(=C(/O)c3ccc(OC)c(C(C)(C)C)c3)C(=O)C(=O)N2c2ccc(NC(C)=O)cc2)cc1. The fraction of sp³-hybridized carbons (Fsp3) is 0.258. The number of methoxy groups -OCH3 is 2. The van der Waals surface area contributed by atoms with Crippen LogP contribution in [-0.2, 0) is 19.8 Å². The minimum Gasteiger partial charge on any atom is -0.507 e. The molecular formula is C31H32N2O6. The van der Waals surface area contributed by atoms with Gasteiger partial charge in [0.15, 0.2) is 0 Å². The second kappa shape index (κ2) is 10.6. The van der Waals surface area contributed by atoms with Crippen LogP contribution in [0.4, 0.5) is 11.4 Å². The molecule has 39 heavy (non-hydrogen) atoms. The zero-order chi connectivity index (χ0) is 28.5. The number of carbonyl (C=O) groups is 3. The van der Waals surface area contributed by atoms with Gasteiger partial charge in [-0.1, -0.05) is 32.9 Å². The third-order valence-electron chi connectivity index (χ3n) is 6.62. The normalized spacial score (nSPS) is 16.8. The number of carbonyl (C=O) groups excluding carboxylic acids is 3. The van der Waals surface area contributed by atoms with Gasteiger partial charge in [-0.25, -0.2) is 0 Å². The molecule has 1 aliphatic heterocycles. The number of hydrogen-bond acceptors (Lipinski definition) is 6. The lowest BCUT2D eigenvalue weighted by Gasteiger charge is -2.26. The third-order valence-corrected chi connectivity index (χ3v) is 6.62. The first-order valence-corrected chi connectivity index (χ1v) is 12.5. The number of hydrogen-bond donors (Lipinski definition) is 2. The van der Waals surface area contributed by atoms with Crippen molar-refractivity contribution in [2.24, 2.45) is 0 Å². The highest BCUT2D eigenvalue weighted by atomic mass is 16.5. The van der Waals surface area contributed by atoms with Crippen molar-refractivity contribution in [2.75, 3.05) is 24.4 Å². The Morgan fingerprint density at radius 1 is 0.923 bits per heavy atom. The van der Waals surface area contributed by atoms with Crippen LogP contribution >= 0.6 is 0 Å². The van der Waals surface area contributed by atoms with E-state index in [2.05, 4.69) is 5.32 Å². The Morgan fingerprint density at radius 3 is 2.10 bits per heavy atom. The van der Waals surface area contributed by atoms with Gasteiger partial charge in [0.2, 0.25) is 5.91 Å². The summed E-state index contributed by atoms with van der Waals surface area (Å²) in [4.78, 5) is 39.8. The molecule has 0 radical (unpaired) electrons. The van der Waals surface area contributed by atoms with Crippen molar-refractivity contribution in [2.45, 2.75) is 39.2 Å². The number of ketones is 1. The van der Waals surface area contributed by atoms with E-state index in [4.69, 9.17) is 9.47 Å². The molecule has 1 heterocycles. The lowest BCUT2D eigenvalue weighted by molar-refractivity contribution is -0.132. The Morgan fingerprint density at radius 2 is 1.56 bits per heavy atom. The van der Waals surface area contributed by atoms with Crippen LogP contribution < -0.4 is 19.7 Å². The van der Waals surface area contributed by atoms with E-state index in [1.165, 1.54) is 11.8 Å². The van der Waals surface area contributed by atoms with E-state index in [9.17, 15) is 19.5 Å². The summed E-state index contributed by atoms with van der Waals surface area (Å²) >= 11 is 0. The molecule has 0 saturated carbocycles. The standard InChI is InChI=1S/C31H32N2O6/c1-18(34)32-21-10-12-22(13-11-21)33-27(19-7-14-23(38-5)15-8-19)26(29(36)30(33)37)28(35)20-9-16-25(39-6)24(17-20)31(2,3)4/h7-17,27,35H,1-6H3,(H,32,34)/b28-26-. The highest BCUT2D eigenvalue weighted by molar-refractivity contribution is 6.51. The molecular weight excluding hydrogens is 496 g/mol. The number of benzene rings is 3. The lowest BCUT2D eigenvalue weighted by Crippen LogP contribution is -2.29. The predicted molar refractivity (Wildman–Crippen MR) is 150 cm³/mol. The van der Waals surface area contributed by atoms with Gasteiger partial charge in [0.05, 0.1) is 25.8 Å². The molecule has 8 heteroatoms. The van der Waals surface area contributed by atoms with Crippen molar-refractivity contribution in [1.82, 2.24) is 0 Å². The van der Waals surface area contributed by atoms with E-state index >= 15 is 0 Å². The molecule has 4 rings (SSSR count). The van der Waals surface area contributed by atoms with E-state index in [-0.39, 0.29) is 22.7 Å². The molecule has 202 valence electrons. The van der Waals surface area contributed by atoms with Gasteiger partial charge in [0.25, 0.3) is 11.7 Å². The van der Waals surface area contributed by atoms with E-state index in [1.54, 1.807) is 80.9 Å². The van der Waals surface area contributed by atoms with Gasteiger partial charge in [-0.15, -0.1) is 0 Å². The molecule has 2 amide bonds. The summed E-state index contributed by atoms with van der Waals surface area (Å²) in [6.07, 6.45) is 0. The maximum absolute atomic E-state index is 13.5. The van der Waals surface area contributed by atoms with E-state index in [0.717, 1.165) is 5.56 Å². The molecule has 0 spiro atoms. The van der Waals surface area contributed by atoms with E-state index < -0.39 is 17.7 Å². The van der Waals surface area contributed by atoms with Gasteiger partial charge in [0, 0.05) is 29.4 Å². The first-order valence-electron chi connectivity index (χ1n) is 12.5. The third kappa shape index (κ3) is 5.36. The average molecular weight is 529 g/mol. The van der Waals surface area contributed by atoms with Crippen LogP contribution in [0.2, 0.25) is 0 Å². The second-order valence-corrected chi connectivity index (χ2v) is 10.3. The topological polar surface area (TPSA) is 105 Å².